The van der Waals surface area contributed by atoms with E-state index in [-0.39, 0.29) is 52.0 Å². The number of anilines is 1. The first-order valence-electron chi connectivity index (χ1n) is 15.1. The van der Waals surface area contributed by atoms with E-state index in [0.717, 1.165) is 30.0 Å². The number of nitrogens with one attached hydrogen (secondary N) is 1. The highest BCUT2D eigenvalue weighted by Gasteiger charge is 2.36. The molecule has 0 aromatic heterocycles. The van der Waals surface area contributed by atoms with Crippen molar-refractivity contribution in [3.63, 3.8) is 0 Å². The lowest BCUT2D eigenvalue weighted by Crippen LogP contribution is -2.53. The van der Waals surface area contributed by atoms with Gasteiger partial charge in [0.2, 0.25) is 11.8 Å². The predicted octanol–water partition coefficient (Wildman–Crippen LogP) is 6.73. The number of sulfonamides is 1. The molecule has 4 rings (SSSR count). The summed E-state index contributed by atoms with van der Waals surface area (Å²) >= 11 is 19.0. The van der Waals surface area contributed by atoms with Gasteiger partial charge in [0.25, 0.3) is 10.0 Å². The second-order valence-electron chi connectivity index (χ2n) is 11.0. The van der Waals surface area contributed by atoms with E-state index >= 15 is 0 Å². The van der Waals surface area contributed by atoms with Crippen LogP contribution in [0.1, 0.15) is 44.6 Å². The highest BCUT2D eigenvalue weighted by atomic mass is 35.5. The maximum absolute atomic E-state index is 14.5. The molecule has 0 spiro atoms. The van der Waals surface area contributed by atoms with Crippen LogP contribution in [0.25, 0.3) is 0 Å². The zero-order chi connectivity index (χ0) is 34.3. The molecule has 1 N–H and O–H groups in total. The quantitative estimate of drug-likeness (QED) is 0.196. The minimum atomic E-state index is -4.48. The van der Waals surface area contributed by atoms with E-state index in [1.807, 2.05) is 0 Å². The van der Waals surface area contributed by atoms with Crippen molar-refractivity contribution < 1.29 is 32.2 Å². The second-order valence-corrected chi connectivity index (χ2v) is 14.2. The number of carbonyl (C=O) groups is 2. The van der Waals surface area contributed by atoms with Gasteiger partial charge in [-0.3, -0.25) is 13.9 Å². The molecule has 254 valence electrons. The summed E-state index contributed by atoms with van der Waals surface area (Å²) in [6.45, 7) is 1.01. The lowest BCUT2D eigenvalue weighted by atomic mass is 10.1. The van der Waals surface area contributed by atoms with Gasteiger partial charge >= 0.3 is 0 Å². The molecule has 14 heteroatoms. The first-order chi connectivity index (χ1) is 22.4. The minimum Gasteiger partial charge on any atom is -0.495 e. The molecule has 47 heavy (non-hydrogen) atoms. The fraction of sp³-hybridized carbons (Fsp3) is 0.394. The molecule has 3 aromatic rings. The Morgan fingerprint density at radius 3 is 2.11 bits per heavy atom. The third-order valence-electron chi connectivity index (χ3n) is 8.07. The zero-order valence-electron chi connectivity index (χ0n) is 26.6. The Kier molecular flexibility index (Phi) is 12.5. The molecule has 0 heterocycles. The summed E-state index contributed by atoms with van der Waals surface area (Å²) < 4.78 is 45.9. The van der Waals surface area contributed by atoms with Crippen molar-refractivity contribution in [2.45, 2.75) is 62.6 Å². The molecule has 0 saturated heterocycles. The van der Waals surface area contributed by atoms with Gasteiger partial charge in [0, 0.05) is 33.7 Å². The van der Waals surface area contributed by atoms with Crippen LogP contribution in [0.2, 0.25) is 15.1 Å². The number of carbonyl (C=O) groups excluding carboxylic acids is 2. The van der Waals surface area contributed by atoms with Crippen LogP contribution in [0, 0.1) is 0 Å². The fourth-order valence-corrected chi connectivity index (χ4v) is 7.66. The summed E-state index contributed by atoms with van der Waals surface area (Å²) in [5.41, 5.74) is 0.558. The van der Waals surface area contributed by atoms with Crippen LogP contribution in [0.3, 0.4) is 0 Å². The topological polar surface area (TPSA) is 114 Å². The summed E-state index contributed by atoms with van der Waals surface area (Å²) in [6, 6.07) is 12.5. The molecule has 2 amide bonds. The molecule has 1 unspecified atom stereocenters. The highest BCUT2D eigenvalue weighted by molar-refractivity contribution is 7.92. The largest absolute Gasteiger partial charge is 0.495 e. The molecule has 10 nitrogen and oxygen atoms in total. The number of halogens is 3. The van der Waals surface area contributed by atoms with Crippen molar-refractivity contribution in [1.29, 1.82) is 0 Å². The summed E-state index contributed by atoms with van der Waals surface area (Å²) in [5.74, 6) is -0.335. The van der Waals surface area contributed by atoms with Gasteiger partial charge in [0.1, 0.15) is 18.3 Å². The number of benzene rings is 3. The number of amides is 2. The summed E-state index contributed by atoms with van der Waals surface area (Å²) in [4.78, 5) is 29.4. The van der Waals surface area contributed by atoms with Gasteiger partial charge < -0.3 is 24.4 Å². The van der Waals surface area contributed by atoms with E-state index in [1.165, 1.54) is 56.6 Å². The summed E-state index contributed by atoms with van der Waals surface area (Å²) in [7, 11) is -0.281. The van der Waals surface area contributed by atoms with Crippen LogP contribution >= 0.6 is 34.8 Å². The Hall–Kier alpha value is -3.38. The van der Waals surface area contributed by atoms with Gasteiger partial charge in [-0.25, -0.2) is 8.42 Å². The zero-order valence-corrected chi connectivity index (χ0v) is 29.7. The first-order valence-corrected chi connectivity index (χ1v) is 17.6. The normalized spacial score (nSPS) is 13.9. The molecule has 1 aliphatic rings. The van der Waals surface area contributed by atoms with Crippen LogP contribution < -0.4 is 23.8 Å². The van der Waals surface area contributed by atoms with Crippen molar-refractivity contribution in [3.8, 4) is 17.2 Å². The van der Waals surface area contributed by atoms with E-state index in [9.17, 15) is 18.0 Å². The van der Waals surface area contributed by atoms with Gasteiger partial charge in [-0.15, -0.1) is 0 Å². The SMILES string of the molecule is CCC(C(=O)NC1CCCC1)N(Cc1ccc(Cl)cc1Cl)C(=O)CN(c1cc(Cl)ccc1OC)S(=O)(=O)c1ccc(OC)c(OC)c1. The average Bonchev–Trinajstić information content (AvgIpc) is 3.56. The van der Waals surface area contributed by atoms with E-state index in [2.05, 4.69) is 5.32 Å². The van der Waals surface area contributed by atoms with Crippen LogP contribution in [0.5, 0.6) is 17.2 Å². The molecule has 1 saturated carbocycles. The first kappa shape index (κ1) is 36.5. The average molecular weight is 727 g/mol. The Labute approximate surface area is 290 Å². The molecule has 3 aromatic carbocycles. The predicted molar refractivity (Wildman–Crippen MR) is 184 cm³/mol. The molecule has 0 bridgehead atoms. The molecule has 1 fully saturated rings. The number of methoxy groups -OCH3 is 3. The van der Waals surface area contributed by atoms with Crippen molar-refractivity contribution in [1.82, 2.24) is 10.2 Å². The van der Waals surface area contributed by atoms with Crippen LogP contribution in [0.4, 0.5) is 5.69 Å². The fourth-order valence-electron chi connectivity index (χ4n) is 5.60. The van der Waals surface area contributed by atoms with Gasteiger partial charge in [-0.2, -0.15) is 0 Å². The summed E-state index contributed by atoms with van der Waals surface area (Å²) in [5, 5.41) is 4.00. The third kappa shape index (κ3) is 8.56. The Morgan fingerprint density at radius 1 is 0.872 bits per heavy atom. The Bertz CT molecular complexity index is 1700. The number of hydrogen-bond donors (Lipinski definition) is 1. The third-order valence-corrected chi connectivity index (χ3v) is 10.7. The van der Waals surface area contributed by atoms with Gasteiger partial charge in [-0.05, 0) is 67.3 Å². The van der Waals surface area contributed by atoms with E-state index in [4.69, 9.17) is 49.0 Å². The van der Waals surface area contributed by atoms with Crippen molar-refractivity contribution >= 4 is 62.3 Å². The molecular formula is C33H38Cl3N3O7S. The second kappa shape index (κ2) is 16.1. The molecular weight excluding hydrogens is 689 g/mol. The van der Waals surface area contributed by atoms with Gasteiger partial charge in [-0.1, -0.05) is 60.6 Å². The smallest absolute Gasteiger partial charge is 0.265 e. The van der Waals surface area contributed by atoms with Crippen LogP contribution in [-0.2, 0) is 26.2 Å². The maximum Gasteiger partial charge on any atom is 0.265 e. The van der Waals surface area contributed by atoms with Crippen LogP contribution in [0.15, 0.2) is 59.5 Å². The van der Waals surface area contributed by atoms with Crippen molar-refractivity contribution in [2.24, 2.45) is 0 Å². The molecule has 1 atom stereocenters. The maximum atomic E-state index is 14.5. The Balaban J connectivity index is 1.82. The summed E-state index contributed by atoms with van der Waals surface area (Å²) in [6.07, 6.45) is 3.99. The molecule has 0 radical (unpaired) electrons. The van der Waals surface area contributed by atoms with Crippen molar-refractivity contribution in [2.75, 3.05) is 32.2 Å². The monoisotopic (exact) mass is 725 g/mol. The van der Waals surface area contributed by atoms with Crippen molar-refractivity contribution in [3.05, 3.63) is 75.2 Å². The minimum absolute atomic E-state index is 0.00488. The standard InChI is InChI=1S/C33H38Cl3N3O7S/c1-5-27(33(41)37-24-8-6-7-9-24)38(19-21-10-11-22(34)16-26(21)36)32(40)20-39(28-17-23(35)12-14-29(28)44-2)47(42,43)25-13-15-30(45-3)31(18-25)46-4/h10-18,24,27H,5-9,19-20H2,1-4H3,(H,37,41). The number of ether oxygens (including phenoxy) is 3. The number of rotatable bonds is 14. The van der Waals surface area contributed by atoms with E-state index < -0.39 is 28.5 Å². The van der Waals surface area contributed by atoms with Gasteiger partial charge in [0.15, 0.2) is 11.5 Å². The molecule has 0 aliphatic heterocycles. The lowest BCUT2D eigenvalue weighted by molar-refractivity contribution is -0.140. The molecule has 1 aliphatic carbocycles. The lowest BCUT2D eigenvalue weighted by Gasteiger charge is -2.34. The highest BCUT2D eigenvalue weighted by Crippen LogP contribution is 2.37. The van der Waals surface area contributed by atoms with Gasteiger partial charge in [0.05, 0.1) is 31.9 Å². The number of nitrogens with zero attached hydrogens (tertiary/aromatic N) is 2. The van der Waals surface area contributed by atoms with Crippen LogP contribution in [-0.4, -0.2) is 65.1 Å². The van der Waals surface area contributed by atoms with E-state index in [1.54, 1.807) is 31.2 Å². The van der Waals surface area contributed by atoms with E-state index in [0.29, 0.717) is 21.4 Å². The Morgan fingerprint density at radius 2 is 1.49 bits per heavy atom. The number of hydrogen-bond acceptors (Lipinski definition) is 7.